The highest BCUT2D eigenvalue weighted by molar-refractivity contribution is 5.87. The zero-order valence-electron chi connectivity index (χ0n) is 14.6. The normalized spacial score (nSPS) is 21.5. The van der Waals surface area contributed by atoms with Crippen molar-refractivity contribution >= 4 is 12.0 Å². The van der Waals surface area contributed by atoms with E-state index in [0.29, 0.717) is 12.8 Å². The second kappa shape index (κ2) is 6.46. The van der Waals surface area contributed by atoms with Gasteiger partial charge < -0.3 is 4.74 Å². The van der Waals surface area contributed by atoms with Crippen LogP contribution in [0.5, 0.6) is 0 Å². The topological polar surface area (TPSA) is 49.4 Å². The molecule has 2 rings (SSSR count). The number of hydrogen-bond donors (Lipinski definition) is 0. The molecule has 4 heteroatoms. The van der Waals surface area contributed by atoms with E-state index in [1.165, 1.54) is 11.6 Å². The summed E-state index contributed by atoms with van der Waals surface area (Å²) in [6.45, 7) is 9.59. The maximum Gasteiger partial charge on any atom is 0.331 e. The molecule has 0 atom stereocenters. The average molecular weight is 316 g/mol. The van der Waals surface area contributed by atoms with Crippen LogP contribution >= 0.6 is 0 Å². The number of hydroxylamine groups is 2. The van der Waals surface area contributed by atoms with Gasteiger partial charge in [-0.1, -0.05) is 29.8 Å². The first-order valence-electron chi connectivity index (χ1n) is 8.03. The Labute approximate surface area is 138 Å². The largest absolute Gasteiger partial charge is 0.459 e. The Morgan fingerprint density at radius 3 is 2.17 bits per heavy atom. The Bertz CT molecular complexity index is 569. The third kappa shape index (κ3) is 4.43. The summed E-state index contributed by atoms with van der Waals surface area (Å²) >= 11 is 0. The van der Waals surface area contributed by atoms with Crippen LogP contribution < -0.4 is 0 Å². The van der Waals surface area contributed by atoms with E-state index < -0.39 is 11.1 Å². The van der Waals surface area contributed by atoms with Gasteiger partial charge in [-0.2, -0.15) is 0 Å². The minimum atomic E-state index is -0.534. The van der Waals surface area contributed by atoms with Crippen LogP contribution in [0.4, 0.5) is 0 Å². The number of aryl methyl sites for hydroxylation is 1. The molecule has 1 aromatic carbocycles. The van der Waals surface area contributed by atoms with Gasteiger partial charge in [0.05, 0.1) is 0 Å². The summed E-state index contributed by atoms with van der Waals surface area (Å²) in [7, 11) is 0. The van der Waals surface area contributed by atoms with Crippen LogP contribution in [-0.4, -0.2) is 28.2 Å². The molecule has 0 unspecified atom stereocenters. The lowest BCUT2D eigenvalue weighted by molar-refractivity contribution is -0.299. The third-order valence-corrected chi connectivity index (χ3v) is 4.33. The van der Waals surface area contributed by atoms with Crippen molar-refractivity contribution in [3.63, 3.8) is 0 Å². The van der Waals surface area contributed by atoms with Gasteiger partial charge >= 0.3 is 5.97 Å². The number of benzene rings is 1. The maximum absolute atomic E-state index is 12.3. The Hall–Kier alpha value is -1.65. The molecule has 1 aliphatic rings. The van der Waals surface area contributed by atoms with Crippen molar-refractivity contribution in [2.75, 3.05) is 0 Å². The van der Waals surface area contributed by atoms with Crippen LogP contribution in [0, 0.1) is 6.92 Å². The van der Waals surface area contributed by atoms with Gasteiger partial charge in [0.25, 0.3) is 0 Å². The van der Waals surface area contributed by atoms with Gasteiger partial charge in [-0.05, 0) is 46.3 Å². The molecule has 1 aliphatic heterocycles. The lowest BCUT2D eigenvalue weighted by Gasteiger charge is -2.49. The van der Waals surface area contributed by atoms with Crippen molar-refractivity contribution in [2.24, 2.45) is 0 Å². The molecule has 0 aromatic heterocycles. The second-order valence-electron chi connectivity index (χ2n) is 7.63. The summed E-state index contributed by atoms with van der Waals surface area (Å²) in [6, 6.07) is 7.92. The van der Waals surface area contributed by atoms with Crippen LogP contribution in [0.1, 0.15) is 51.7 Å². The molecule has 1 saturated heterocycles. The average Bonchev–Trinajstić information content (AvgIpc) is 2.43. The van der Waals surface area contributed by atoms with Crippen LogP contribution in [0.2, 0.25) is 0 Å². The van der Waals surface area contributed by atoms with E-state index in [0.717, 1.165) is 10.6 Å². The van der Waals surface area contributed by atoms with Crippen LogP contribution in [0.25, 0.3) is 6.08 Å². The van der Waals surface area contributed by atoms with Gasteiger partial charge in [-0.3, -0.25) is 0 Å². The SMILES string of the molecule is Cc1ccc(/C=C/C(=O)OC2CC(C)(C)N([O])C(C)(C)C2)cc1. The highest BCUT2D eigenvalue weighted by Gasteiger charge is 2.47. The van der Waals surface area contributed by atoms with Gasteiger partial charge in [0, 0.05) is 30.0 Å². The molecule has 0 amide bonds. The number of ether oxygens (including phenoxy) is 1. The fraction of sp³-hybridized carbons (Fsp3) is 0.526. The van der Waals surface area contributed by atoms with E-state index in [2.05, 4.69) is 0 Å². The Morgan fingerprint density at radius 1 is 1.13 bits per heavy atom. The van der Waals surface area contributed by atoms with E-state index in [4.69, 9.17) is 4.74 Å². The summed E-state index contributed by atoms with van der Waals surface area (Å²) in [5.41, 5.74) is 1.07. The fourth-order valence-corrected chi connectivity index (χ4v) is 3.30. The lowest BCUT2D eigenvalue weighted by atomic mass is 9.80. The Balaban J connectivity index is 1.98. The molecular weight excluding hydrogens is 290 g/mol. The Kier molecular flexibility index (Phi) is 4.97. The van der Waals surface area contributed by atoms with Crippen LogP contribution in [-0.2, 0) is 14.7 Å². The first-order chi connectivity index (χ1) is 10.6. The minimum Gasteiger partial charge on any atom is -0.459 e. The Morgan fingerprint density at radius 2 is 1.65 bits per heavy atom. The third-order valence-electron chi connectivity index (χ3n) is 4.33. The predicted octanol–water partition coefficient (Wildman–Crippen LogP) is 3.92. The van der Waals surface area contributed by atoms with E-state index >= 15 is 0 Å². The van der Waals surface area contributed by atoms with Gasteiger partial charge in [-0.25, -0.2) is 4.79 Å². The van der Waals surface area contributed by atoms with Crippen molar-refractivity contribution in [1.82, 2.24) is 5.06 Å². The number of esters is 1. The number of piperidine rings is 1. The molecule has 1 fully saturated rings. The van der Waals surface area contributed by atoms with Gasteiger partial charge in [0.2, 0.25) is 0 Å². The smallest absolute Gasteiger partial charge is 0.331 e. The molecule has 125 valence electrons. The summed E-state index contributed by atoms with van der Waals surface area (Å²) < 4.78 is 5.57. The fourth-order valence-electron chi connectivity index (χ4n) is 3.30. The molecule has 4 nitrogen and oxygen atoms in total. The van der Waals surface area contributed by atoms with Gasteiger partial charge in [-0.15, -0.1) is 10.3 Å². The summed E-state index contributed by atoms with van der Waals surface area (Å²) in [4.78, 5) is 12.1. The summed E-state index contributed by atoms with van der Waals surface area (Å²) in [6.07, 6.45) is 4.06. The number of carbonyl (C=O) groups is 1. The predicted molar refractivity (Wildman–Crippen MR) is 90.0 cm³/mol. The lowest BCUT2D eigenvalue weighted by Crippen LogP contribution is -2.60. The summed E-state index contributed by atoms with van der Waals surface area (Å²) in [5.74, 6) is -0.360. The molecule has 23 heavy (non-hydrogen) atoms. The maximum atomic E-state index is 12.3. The molecule has 0 spiro atoms. The molecule has 1 heterocycles. The van der Waals surface area contributed by atoms with E-state index in [1.807, 2.05) is 58.9 Å². The quantitative estimate of drug-likeness (QED) is 0.627. The van der Waals surface area contributed by atoms with Crippen LogP contribution in [0.15, 0.2) is 30.3 Å². The van der Waals surface area contributed by atoms with Crippen molar-refractivity contribution in [3.05, 3.63) is 41.5 Å². The molecule has 0 bridgehead atoms. The minimum absolute atomic E-state index is 0.236. The number of hydrogen-bond acceptors (Lipinski definition) is 3. The first kappa shape index (κ1) is 17.7. The zero-order chi connectivity index (χ0) is 17.3. The number of carbonyl (C=O) groups excluding carboxylic acids is 1. The van der Waals surface area contributed by atoms with Crippen molar-refractivity contribution < 1.29 is 14.7 Å². The van der Waals surface area contributed by atoms with Crippen molar-refractivity contribution in [1.29, 1.82) is 0 Å². The van der Waals surface area contributed by atoms with Crippen molar-refractivity contribution in [3.8, 4) is 0 Å². The van der Waals surface area contributed by atoms with Gasteiger partial charge in [0.1, 0.15) is 6.10 Å². The van der Waals surface area contributed by atoms with Crippen LogP contribution in [0.3, 0.4) is 0 Å². The first-order valence-corrected chi connectivity index (χ1v) is 8.03. The van der Waals surface area contributed by atoms with E-state index in [9.17, 15) is 10.0 Å². The van der Waals surface area contributed by atoms with Crippen molar-refractivity contribution in [2.45, 2.75) is 64.6 Å². The second-order valence-corrected chi connectivity index (χ2v) is 7.63. The molecule has 0 aliphatic carbocycles. The molecule has 0 saturated carbocycles. The van der Waals surface area contributed by atoms with E-state index in [1.54, 1.807) is 6.08 Å². The highest BCUT2D eigenvalue weighted by Crippen LogP contribution is 2.38. The van der Waals surface area contributed by atoms with Gasteiger partial charge in [0.15, 0.2) is 0 Å². The highest BCUT2D eigenvalue weighted by atomic mass is 16.5. The monoisotopic (exact) mass is 316 g/mol. The molecular formula is C19H26NO3. The standard InChI is InChI=1S/C19H26NO3/c1-14-6-8-15(9-7-14)10-11-17(21)23-16-12-18(2,3)20(22)19(4,5)13-16/h6-11,16H,12-13H2,1-5H3/b11-10+. The molecule has 0 N–H and O–H groups in total. The zero-order valence-corrected chi connectivity index (χ0v) is 14.6. The molecule has 1 radical (unpaired) electrons. The molecule has 1 aromatic rings. The number of nitrogens with zero attached hydrogens (tertiary/aromatic N) is 1. The number of rotatable bonds is 3. The summed E-state index contributed by atoms with van der Waals surface area (Å²) in [5, 5.41) is 13.4. The van der Waals surface area contributed by atoms with E-state index in [-0.39, 0.29) is 12.1 Å².